The minimum Gasteiger partial charge on any atom is -0.324 e. The molecule has 0 saturated carbocycles. The van der Waals surface area contributed by atoms with Crippen LogP contribution in [0.4, 0.5) is 0 Å². The van der Waals surface area contributed by atoms with Gasteiger partial charge in [-0.25, -0.2) is 0 Å². The third-order valence-electron chi connectivity index (χ3n) is 4.36. The van der Waals surface area contributed by atoms with Gasteiger partial charge in [0.2, 0.25) is 0 Å². The first-order chi connectivity index (χ1) is 8.25. The Morgan fingerprint density at radius 3 is 2.76 bits per heavy atom. The summed E-state index contributed by atoms with van der Waals surface area (Å²) in [6.07, 6.45) is 3.83. The zero-order chi connectivity index (χ0) is 11.8. The zero-order valence-electron chi connectivity index (χ0n) is 10.6. The fourth-order valence-corrected chi connectivity index (χ4v) is 3.50. The number of benzene rings is 1. The van der Waals surface area contributed by atoms with E-state index >= 15 is 0 Å². The maximum Gasteiger partial charge on any atom is 0.0369 e. The first kappa shape index (κ1) is 11.2. The average molecular weight is 230 g/mol. The molecule has 0 amide bonds. The number of nitrogens with zero attached hydrogens (tertiary/aromatic N) is 1. The molecule has 1 saturated heterocycles. The van der Waals surface area contributed by atoms with Crippen LogP contribution < -0.4 is 5.73 Å². The molecule has 1 aromatic carbocycles. The van der Waals surface area contributed by atoms with E-state index < -0.39 is 0 Å². The molecular formula is C15H22N2. The summed E-state index contributed by atoms with van der Waals surface area (Å²) in [6, 6.07) is 9.55. The smallest absolute Gasteiger partial charge is 0.0369 e. The van der Waals surface area contributed by atoms with E-state index in [0.29, 0.717) is 6.04 Å². The van der Waals surface area contributed by atoms with E-state index in [2.05, 4.69) is 36.1 Å². The van der Waals surface area contributed by atoms with E-state index in [9.17, 15) is 0 Å². The van der Waals surface area contributed by atoms with Crippen molar-refractivity contribution in [1.82, 2.24) is 4.90 Å². The highest BCUT2D eigenvalue weighted by atomic mass is 15.2. The maximum atomic E-state index is 6.25. The molecule has 0 radical (unpaired) electrons. The van der Waals surface area contributed by atoms with Gasteiger partial charge in [0.1, 0.15) is 0 Å². The van der Waals surface area contributed by atoms with Crippen LogP contribution in [0.15, 0.2) is 24.3 Å². The second-order valence-corrected chi connectivity index (χ2v) is 5.73. The van der Waals surface area contributed by atoms with Gasteiger partial charge in [-0.05, 0) is 42.9 Å². The molecule has 2 N–H and O–H groups in total. The Hall–Kier alpha value is -0.860. The highest BCUT2D eigenvalue weighted by Gasteiger charge is 2.33. The van der Waals surface area contributed by atoms with Crippen LogP contribution in [0.1, 0.15) is 49.4 Å². The van der Waals surface area contributed by atoms with Gasteiger partial charge in [0.05, 0.1) is 0 Å². The Labute approximate surface area is 104 Å². The number of fused-ring (bicyclic) bond motifs is 1. The number of piperidine rings is 1. The van der Waals surface area contributed by atoms with Crippen LogP contribution in [0.3, 0.4) is 0 Å². The van der Waals surface area contributed by atoms with E-state index in [1.165, 1.54) is 37.1 Å². The normalized spacial score (nSPS) is 33.6. The quantitative estimate of drug-likeness (QED) is 0.804. The van der Waals surface area contributed by atoms with Crippen molar-refractivity contribution in [2.24, 2.45) is 11.7 Å². The molecule has 0 spiro atoms. The lowest BCUT2D eigenvalue weighted by molar-refractivity contribution is 0.126. The van der Waals surface area contributed by atoms with Crippen molar-refractivity contribution in [3.05, 3.63) is 35.4 Å². The third kappa shape index (κ3) is 2.00. The largest absolute Gasteiger partial charge is 0.324 e. The van der Waals surface area contributed by atoms with Crippen LogP contribution in [0.5, 0.6) is 0 Å². The topological polar surface area (TPSA) is 29.3 Å². The Morgan fingerprint density at radius 1 is 1.24 bits per heavy atom. The molecule has 17 heavy (non-hydrogen) atoms. The van der Waals surface area contributed by atoms with E-state index in [1.807, 2.05) is 0 Å². The summed E-state index contributed by atoms with van der Waals surface area (Å²) in [5.74, 6) is 0.840. The van der Waals surface area contributed by atoms with Crippen molar-refractivity contribution in [2.45, 2.75) is 38.3 Å². The van der Waals surface area contributed by atoms with Gasteiger partial charge in [0.15, 0.2) is 0 Å². The highest BCUT2D eigenvalue weighted by Crippen LogP contribution is 2.42. The molecule has 1 heterocycles. The molecule has 1 aliphatic heterocycles. The van der Waals surface area contributed by atoms with E-state index in [-0.39, 0.29) is 6.04 Å². The zero-order valence-corrected chi connectivity index (χ0v) is 10.6. The standard InChI is InChI=1S/C15H22N2/c1-11-5-4-8-17(10-11)15-9-14(16)12-6-2-3-7-13(12)15/h2-3,6-7,11,14-15H,4-5,8-10,16H2,1H3. The molecule has 0 bridgehead atoms. The molecular weight excluding hydrogens is 208 g/mol. The van der Waals surface area contributed by atoms with Crippen molar-refractivity contribution >= 4 is 0 Å². The van der Waals surface area contributed by atoms with Gasteiger partial charge in [-0.15, -0.1) is 0 Å². The van der Waals surface area contributed by atoms with Crippen LogP contribution in [-0.2, 0) is 0 Å². The number of nitrogens with two attached hydrogens (primary N) is 1. The van der Waals surface area contributed by atoms with Gasteiger partial charge < -0.3 is 5.73 Å². The van der Waals surface area contributed by atoms with Gasteiger partial charge in [-0.2, -0.15) is 0 Å². The van der Waals surface area contributed by atoms with Gasteiger partial charge in [-0.3, -0.25) is 4.90 Å². The van der Waals surface area contributed by atoms with Crippen LogP contribution in [-0.4, -0.2) is 18.0 Å². The fraction of sp³-hybridized carbons (Fsp3) is 0.600. The van der Waals surface area contributed by atoms with E-state index in [4.69, 9.17) is 5.73 Å². The molecule has 2 aliphatic rings. The Morgan fingerprint density at radius 2 is 2.00 bits per heavy atom. The SMILES string of the molecule is CC1CCCN(C2CC(N)c3ccccc32)C1. The number of likely N-dealkylation sites (tertiary alicyclic amines) is 1. The number of rotatable bonds is 1. The van der Waals surface area contributed by atoms with Gasteiger partial charge >= 0.3 is 0 Å². The monoisotopic (exact) mass is 230 g/mol. The maximum absolute atomic E-state index is 6.25. The molecule has 0 aromatic heterocycles. The predicted octanol–water partition coefficient (Wildman–Crippen LogP) is 2.86. The lowest BCUT2D eigenvalue weighted by Crippen LogP contribution is -2.36. The van der Waals surface area contributed by atoms with Crippen molar-refractivity contribution < 1.29 is 0 Å². The van der Waals surface area contributed by atoms with Gasteiger partial charge in [-0.1, -0.05) is 31.2 Å². The third-order valence-corrected chi connectivity index (χ3v) is 4.36. The molecule has 1 aliphatic carbocycles. The molecule has 1 aromatic rings. The van der Waals surface area contributed by atoms with Gasteiger partial charge in [0.25, 0.3) is 0 Å². The molecule has 3 rings (SSSR count). The molecule has 3 atom stereocenters. The number of hydrogen-bond acceptors (Lipinski definition) is 2. The number of hydrogen-bond donors (Lipinski definition) is 1. The van der Waals surface area contributed by atoms with Crippen LogP contribution >= 0.6 is 0 Å². The second kappa shape index (κ2) is 4.43. The summed E-state index contributed by atoms with van der Waals surface area (Å²) >= 11 is 0. The van der Waals surface area contributed by atoms with Gasteiger partial charge in [0, 0.05) is 18.6 Å². The fourth-order valence-electron chi connectivity index (χ4n) is 3.50. The van der Waals surface area contributed by atoms with Crippen molar-refractivity contribution in [3.63, 3.8) is 0 Å². The van der Waals surface area contributed by atoms with Crippen LogP contribution in [0.2, 0.25) is 0 Å². The highest BCUT2D eigenvalue weighted by molar-refractivity contribution is 5.37. The van der Waals surface area contributed by atoms with Crippen LogP contribution in [0.25, 0.3) is 0 Å². The van der Waals surface area contributed by atoms with Crippen molar-refractivity contribution in [2.75, 3.05) is 13.1 Å². The predicted molar refractivity (Wildman–Crippen MR) is 70.7 cm³/mol. The summed E-state index contributed by atoms with van der Waals surface area (Å²) in [5, 5.41) is 0. The van der Waals surface area contributed by atoms with E-state index in [0.717, 1.165) is 12.3 Å². The molecule has 3 unspecified atom stereocenters. The Kier molecular flexibility index (Phi) is 2.93. The van der Waals surface area contributed by atoms with Crippen LogP contribution in [0, 0.1) is 5.92 Å². The van der Waals surface area contributed by atoms with Crippen molar-refractivity contribution in [3.8, 4) is 0 Å². The second-order valence-electron chi connectivity index (χ2n) is 5.73. The first-order valence-corrected chi connectivity index (χ1v) is 6.84. The lowest BCUT2D eigenvalue weighted by atomic mass is 9.97. The minimum atomic E-state index is 0.244. The van der Waals surface area contributed by atoms with Crippen molar-refractivity contribution in [1.29, 1.82) is 0 Å². The summed E-state index contributed by atoms with van der Waals surface area (Å²) < 4.78 is 0. The molecule has 1 fully saturated rings. The molecule has 2 nitrogen and oxygen atoms in total. The Balaban J connectivity index is 1.85. The molecule has 92 valence electrons. The minimum absolute atomic E-state index is 0.244. The summed E-state index contributed by atoms with van der Waals surface area (Å²) in [6.45, 7) is 4.86. The molecule has 2 heteroatoms. The first-order valence-electron chi connectivity index (χ1n) is 6.84. The summed E-state index contributed by atoms with van der Waals surface area (Å²) in [7, 11) is 0. The summed E-state index contributed by atoms with van der Waals surface area (Å²) in [5.41, 5.74) is 9.10. The lowest BCUT2D eigenvalue weighted by Gasteiger charge is -2.36. The summed E-state index contributed by atoms with van der Waals surface area (Å²) in [4.78, 5) is 2.65. The Bertz CT molecular complexity index is 402. The van der Waals surface area contributed by atoms with E-state index in [1.54, 1.807) is 0 Å². The average Bonchev–Trinajstić information content (AvgIpc) is 2.68.